The number of rotatable bonds is 6. The Morgan fingerprint density at radius 2 is 1.68 bits per heavy atom. The summed E-state index contributed by atoms with van der Waals surface area (Å²) < 4.78 is 54.4. The normalized spacial score (nSPS) is 18.0. The first kappa shape index (κ1) is 20.3. The van der Waals surface area contributed by atoms with Gasteiger partial charge in [-0.1, -0.05) is 6.07 Å². The van der Waals surface area contributed by atoms with Crippen molar-refractivity contribution in [3.8, 4) is 0 Å². The highest BCUT2D eigenvalue weighted by Gasteiger charge is 2.30. The van der Waals surface area contributed by atoms with E-state index in [-0.39, 0.29) is 10.8 Å². The van der Waals surface area contributed by atoms with E-state index in [1.165, 1.54) is 22.7 Å². The highest BCUT2D eigenvalue weighted by molar-refractivity contribution is 7.89. The minimum absolute atomic E-state index is 0.134. The highest BCUT2D eigenvalue weighted by Crippen LogP contribution is 2.21. The third-order valence-electron chi connectivity index (χ3n) is 4.71. The average molecular weight is 390 g/mol. The van der Waals surface area contributed by atoms with Gasteiger partial charge >= 0.3 is 0 Å². The van der Waals surface area contributed by atoms with Crippen molar-refractivity contribution in [2.75, 3.05) is 33.7 Å². The van der Waals surface area contributed by atoms with Gasteiger partial charge in [0.25, 0.3) is 10.2 Å². The molecule has 0 aliphatic carbocycles. The molecule has 1 fully saturated rings. The molecule has 1 heterocycles. The Bertz CT molecular complexity index is 812. The summed E-state index contributed by atoms with van der Waals surface area (Å²) in [5.74, 6) is 0.134. The molecule has 1 aromatic rings. The molecule has 0 saturated carbocycles. The predicted octanol–water partition coefficient (Wildman–Crippen LogP) is 1.10. The van der Waals surface area contributed by atoms with Gasteiger partial charge in [0.15, 0.2) is 0 Å². The molecule has 0 atom stereocenters. The third kappa shape index (κ3) is 4.79. The lowest BCUT2D eigenvalue weighted by atomic mass is 9.99. The van der Waals surface area contributed by atoms with Crippen LogP contribution in [-0.2, 0) is 20.2 Å². The molecule has 1 saturated heterocycles. The van der Waals surface area contributed by atoms with Crippen LogP contribution in [0.3, 0.4) is 0 Å². The second-order valence-corrected chi connectivity index (χ2v) is 10.6. The molecule has 1 aliphatic heterocycles. The summed E-state index contributed by atoms with van der Waals surface area (Å²) in [6.07, 6.45) is 1.28. The van der Waals surface area contributed by atoms with E-state index in [0.717, 1.165) is 11.1 Å². The second kappa shape index (κ2) is 7.71. The van der Waals surface area contributed by atoms with E-state index in [1.807, 2.05) is 13.8 Å². The summed E-state index contributed by atoms with van der Waals surface area (Å²) in [7, 11) is -3.91. The molecule has 0 spiro atoms. The van der Waals surface area contributed by atoms with Gasteiger partial charge in [-0.05, 0) is 55.9 Å². The van der Waals surface area contributed by atoms with E-state index in [0.29, 0.717) is 32.5 Å². The van der Waals surface area contributed by atoms with Gasteiger partial charge in [0, 0.05) is 33.7 Å². The van der Waals surface area contributed by atoms with Gasteiger partial charge in [-0.25, -0.2) is 13.1 Å². The van der Waals surface area contributed by atoms with Gasteiger partial charge < -0.3 is 0 Å². The number of nitrogens with zero attached hydrogens (tertiary/aromatic N) is 2. The highest BCUT2D eigenvalue weighted by atomic mass is 32.2. The number of piperidine rings is 1. The van der Waals surface area contributed by atoms with Crippen LogP contribution in [0.2, 0.25) is 0 Å². The zero-order valence-electron chi connectivity index (χ0n) is 15.2. The van der Waals surface area contributed by atoms with E-state index in [2.05, 4.69) is 4.72 Å². The number of nitrogens with one attached hydrogen (secondary N) is 1. The minimum atomic E-state index is -3.54. The number of aryl methyl sites for hydroxylation is 2. The van der Waals surface area contributed by atoms with Crippen molar-refractivity contribution in [3.05, 3.63) is 29.3 Å². The number of sulfonamides is 1. The summed E-state index contributed by atoms with van der Waals surface area (Å²) in [5.41, 5.74) is 1.98. The summed E-state index contributed by atoms with van der Waals surface area (Å²) in [5, 5.41) is 0. The summed E-state index contributed by atoms with van der Waals surface area (Å²) in [4.78, 5) is 0.267. The zero-order valence-corrected chi connectivity index (χ0v) is 16.8. The van der Waals surface area contributed by atoms with Crippen molar-refractivity contribution >= 4 is 20.2 Å². The average Bonchev–Trinajstić information content (AvgIpc) is 2.55. The molecule has 7 nitrogen and oxygen atoms in total. The predicted molar refractivity (Wildman–Crippen MR) is 98.0 cm³/mol. The number of hydrogen-bond acceptors (Lipinski definition) is 4. The lowest BCUT2D eigenvalue weighted by Gasteiger charge is -2.32. The van der Waals surface area contributed by atoms with Crippen LogP contribution in [0.4, 0.5) is 0 Å². The standard InChI is InChI=1S/C16H27N3O4S2/c1-13-5-6-16(11-14(13)2)24(20,21)17-12-15-7-9-19(10-8-15)25(22,23)18(3)4/h5-6,11,15,17H,7-10,12H2,1-4H3. The van der Waals surface area contributed by atoms with Crippen molar-refractivity contribution < 1.29 is 16.8 Å². The molecule has 142 valence electrons. The molecule has 1 N–H and O–H groups in total. The van der Waals surface area contributed by atoms with E-state index in [1.54, 1.807) is 18.2 Å². The van der Waals surface area contributed by atoms with Gasteiger partial charge in [-0.3, -0.25) is 0 Å². The fourth-order valence-corrected chi connectivity index (χ4v) is 5.10. The quantitative estimate of drug-likeness (QED) is 0.789. The molecular weight excluding hydrogens is 362 g/mol. The topological polar surface area (TPSA) is 86.8 Å². The smallest absolute Gasteiger partial charge is 0.211 e. The second-order valence-electron chi connectivity index (χ2n) is 6.73. The van der Waals surface area contributed by atoms with Gasteiger partial charge in [-0.15, -0.1) is 0 Å². The molecule has 2 rings (SSSR count). The SMILES string of the molecule is Cc1ccc(S(=O)(=O)NCC2CCN(S(=O)(=O)N(C)C)CC2)cc1C. The Balaban J connectivity index is 1.93. The Labute approximate surface area is 151 Å². The van der Waals surface area contributed by atoms with Crippen molar-refractivity contribution in [2.45, 2.75) is 31.6 Å². The van der Waals surface area contributed by atoms with Crippen LogP contribution in [0.5, 0.6) is 0 Å². The van der Waals surface area contributed by atoms with Crippen LogP contribution in [0.25, 0.3) is 0 Å². The third-order valence-corrected chi connectivity index (χ3v) is 8.07. The maximum Gasteiger partial charge on any atom is 0.281 e. The molecule has 25 heavy (non-hydrogen) atoms. The number of benzene rings is 1. The Kier molecular flexibility index (Phi) is 6.26. The van der Waals surface area contributed by atoms with Gasteiger partial charge in [0.1, 0.15) is 0 Å². The largest absolute Gasteiger partial charge is 0.281 e. The van der Waals surface area contributed by atoms with Gasteiger partial charge in [0.2, 0.25) is 10.0 Å². The summed E-state index contributed by atoms with van der Waals surface area (Å²) >= 11 is 0. The van der Waals surface area contributed by atoms with Crippen molar-refractivity contribution in [2.24, 2.45) is 5.92 Å². The van der Waals surface area contributed by atoms with Crippen LogP contribution < -0.4 is 4.72 Å². The fraction of sp³-hybridized carbons (Fsp3) is 0.625. The first-order chi connectivity index (χ1) is 11.5. The molecule has 0 bridgehead atoms. The lowest BCUT2D eigenvalue weighted by molar-refractivity contribution is 0.263. The number of hydrogen-bond donors (Lipinski definition) is 1. The van der Waals surface area contributed by atoms with Crippen LogP contribution in [0, 0.1) is 19.8 Å². The van der Waals surface area contributed by atoms with Crippen LogP contribution >= 0.6 is 0 Å². The first-order valence-corrected chi connectivity index (χ1v) is 11.2. The lowest BCUT2D eigenvalue weighted by Crippen LogP contribution is -2.45. The molecule has 0 unspecified atom stereocenters. The van der Waals surface area contributed by atoms with Crippen molar-refractivity contribution in [1.82, 2.24) is 13.3 Å². The van der Waals surface area contributed by atoms with Crippen molar-refractivity contribution in [1.29, 1.82) is 0 Å². The molecule has 1 aromatic carbocycles. The first-order valence-electron chi connectivity index (χ1n) is 8.28. The Morgan fingerprint density at radius 3 is 2.20 bits per heavy atom. The molecule has 9 heteroatoms. The molecule has 0 aromatic heterocycles. The van der Waals surface area contributed by atoms with E-state index >= 15 is 0 Å². The Morgan fingerprint density at radius 1 is 1.08 bits per heavy atom. The molecular formula is C16H27N3O4S2. The maximum absolute atomic E-state index is 12.4. The van der Waals surface area contributed by atoms with E-state index < -0.39 is 20.2 Å². The van der Waals surface area contributed by atoms with Crippen LogP contribution in [0.1, 0.15) is 24.0 Å². The summed E-state index contributed by atoms with van der Waals surface area (Å²) in [6, 6.07) is 5.08. The maximum atomic E-state index is 12.4. The molecule has 0 radical (unpaired) electrons. The monoisotopic (exact) mass is 389 g/mol. The van der Waals surface area contributed by atoms with Crippen molar-refractivity contribution in [3.63, 3.8) is 0 Å². The summed E-state index contributed by atoms with van der Waals surface area (Å²) in [6.45, 7) is 4.97. The van der Waals surface area contributed by atoms with E-state index in [9.17, 15) is 16.8 Å². The zero-order chi connectivity index (χ0) is 18.8. The van der Waals surface area contributed by atoms with Gasteiger partial charge in [-0.2, -0.15) is 17.0 Å². The van der Waals surface area contributed by atoms with E-state index in [4.69, 9.17) is 0 Å². The minimum Gasteiger partial charge on any atom is -0.211 e. The van der Waals surface area contributed by atoms with Crippen LogP contribution in [-0.4, -0.2) is 59.2 Å². The van der Waals surface area contributed by atoms with Crippen LogP contribution in [0.15, 0.2) is 23.1 Å². The molecule has 1 aliphatic rings. The fourth-order valence-electron chi connectivity index (χ4n) is 2.77. The molecule has 0 amide bonds. The van der Waals surface area contributed by atoms with Gasteiger partial charge in [0.05, 0.1) is 4.90 Å². The Hall–Kier alpha value is -1.00.